The third kappa shape index (κ3) is 2.53. The van der Waals surface area contributed by atoms with Crippen LogP contribution in [0.15, 0.2) is 46.9 Å². The maximum Gasteiger partial charge on any atom is 0.196 e. The molecule has 0 fully saturated rings. The highest BCUT2D eigenvalue weighted by molar-refractivity contribution is 9.10. The molecule has 2 aromatic carbocycles. The number of hydrogen-bond acceptors (Lipinski definition) is 2. The number of aromatic hydroxyl groups is 1. The number of hydrogen-bond donors (Lipinski definition) is 1. The highest BCUT2D eigenvalue weighted by Crippen LogP contribution is 2.24. The van der Waals surface area contributed by atoms with Crippen molar-refractivity contribution in [1.29, 1.82) is 0 Å². The fourth-order valence-corrected chi connectivity index (χ4v) is 1.80. The summed E-state index contributed by atoms with van der Waals surface area (Å²) in [6.45, 7) is 0. The van der Waals surface area contributed by atoms with Gasteiger partial charge in [0, 0.05) is 10.0 Å². The first-order valence-corrected chi connectivity index (χ1v) is 5.66. The molecule has 17 heavy (non-hydrogen) atoms. The van der Waals surface area contributed by atoms with E-state index in [1.165, 1.54) is 36.4 Å². The minimum atomic E-state index is -0.401. The zero-order valence-electron chi connectivity index (χ0n) is 8.65. The molecule has 0 radical (unpaired) electrons. The smallest absolute Gasteiger partial charge is 0.196 e. The predicted molar refractivity (Wildman–Crippen MR) is 65.6 cm³/mol. The van der Waals surface area contributed by atoms with Gasteiger partial charge in [-0.1, -0.05) is 15.9 Å². The SMILES string of the molecule is O=C(c1ccc(F)cc1)c1ccc(Br)cc1O. The first kappa shape index (κ1) is 11.8. The van der Waals surface area contributed by atoms with E-state index in [1.807, 2.05) is 0 Å². The molecule has 0 aliphatic rings. The summed E-state index contributed by atoms with van der Waals surface area (Å²) in [5.74, 6) is -0.842. The summed E-state index contributed by atoms with van der Waals surface area (Å²) >= 11 is 3.19. The largest absolute Gasteiger partial charge is 0.507 e. The van der Waals surface area contributed by atoms with Crippen LogP contribution in [0.1, 0.15) is 15.9 Å². The topological polar surface area (TPSA) is 37.3 Å². The fraction of sp³-hybridized carbons (Fsp3) is 0. The van der Waals surface area contributed by atoms with Crippen molar-refractivity contribution in [1.82, 2.24) is 0 Å². The van der Waals surface area contributed by atoms with Gasteiger partial charge in [-0.3, -0.25) is 4.79 Å². The zero-order valence-corrected chi connectivity index (χ0v) is 10.2. The maximum absolute atomic E-state index is 12.7. The molecule has 0 unspecified atom stereocenters. The van der Waals surface area contributed by atoms with Crippen LogP contribution in [0.5, 0.6) is 5.75 Å². The van der Waals surface area contributed by atoms with E-state index in [2.05, 4.69) is 15.9 Å². The van der Waals surface area contributed by atoms with E-state index < -0.39 is 5.82 Å². The molecular weight excluding hydrogens is 287 g/mol. The van der Waals surface area contributed by atoms with E-state index in [4.69, 9.17) is 0 Å². The summed E-state index contributed by atoms with van der Waals surface area (Å²) in [7, 11) is 0. The van der Waals surface area contributed by atoms with Crippen molar-refractivity contribution in [3.63, 3.8) is 0 Å². The number of benzene rings is 2. The van der Waals surface area contributed by atoms with Gasteiger partial charge in [0.25, 0.3) is 0 Å². The average molecular weight is 295 g/mol. The highest BCUT2D eigenvalue weighted by Gasteiger charge is 2.13. The molecule has 0 aromatic heterocycles. The Morgan fingerprint density at radius 3 is 2.35 bits per heavy atom. The molecule has 0 saturated heterocycles. The second-order valence-corrected chi connectivity index (χ2v) is 4.41. The Balaban J connectivity index is 2.40. The van der Waals surface area contributed by atoms with E-state index in [9.17, 15) is 14.3 Å². The summed E-state index contributed by atoms with van der Waals surface area (Å²) in [5, 5.41) is 9.65. The number of ketones is 1. The van der Waals surface area contributed by atoms with Crippen molar-refractivity contribution in [2.45, 2.75) is 0 Å². The minimum Gasteiger partial charge on any atom is -0.507 e. The number of carbonyl (C=O) groups is 1. The lowest BCUT2D eigenvalue weighted by molar-refractivity contribution is 0.103. The number of rotatable bonds is 2. The van der Waals surface area contributed by atoms with E-state index >= 15 is 0 Å². The van der Waals surface area contributed by atoms with Gasteiger partial charge in [0.2, 0.25) is 0 Å². The van der Waals surface area contributed by atoms with Crippen LogP contribution < -0.4 is 0 Å². The summed E-state index contributed by atoms with van der Waals surface area (Å²) in [6, 6.07) is 9.82. The van der Waals surface area contributed by atoms with E-state index in [0.717, 1.165) is 0 Å². The standard InChI is InChI=1S/C13H8BrFO2/c14-9-3-6-11(12(16)7-9)13(17)8-1-4-10(15)5-2-8/h1-7,16H. The second-order valence-electron chi connectivity index (χ2n) is 3.50. The van der Waals surface area contributed by atoms with Gasteiger partial charge in [-0.15, -0.1) is 0 Å². The lowest BCUT2D eigenvalue weighted by Crippen LogP contribution is -2.01. The summed E-state index contributed by atoms with van der Waals surface area (Å²) in [6.07, 6.45) is 0. The summed E-state index contributed by atoms with van der Waals surface area (Å²) in [5.41, 5.74) is 0.531. The van der Waals surface area contributed by atoms with Gasteiger partial charge in [0.05, 0.1) is 5.56 Å². The minimum absolute atomic E-state index is 0.103. The number of halogens is 2. The number of phenolic OH excluding ortho intramolecular Hbond substituents is 1. The maximum atomic E-state index is 12.7. The zero-order chi connectivity index (χ0) is 12.4. The van der Waals surface area contributed by atoms with Crippen LogP contribution in [0.4, 0.5) is 4.39 Å². The molecule has 0 aliphatic carbocycles. The van der Waals surface area contributed by atoms with Crippen LogP contribution in [0.2, 0.25) is 0 Å². The Morgan fingerprint density at radius 1 is 1.12 bits per heavy atom. The van der Waals surface area contributed by atoms with Gasteiger partial charge in [0.15, 0.2) is 5.78 Å². The van der Waals surface area contributed by atoms with E-state index in [-0.39, 0.29) is 17.1 Å². The van der Waals surface area contributed by atoms with Crippen LogP contribution in [0.25, 0.3) is 0 Å². The van der Waals surface area contributed by atoms with E-state index in [1.54, 1.807) is 6.07 Å². The van der Waals surface area contributed by atoms with Gasteiger partial charge in [-0.2, -0.15) is 0 Å². The molecule has 86 valence electrons. The summed E-state index contributed by atoms with van der Waals surface area (Å²) in [4.78, 5) is 12.0. The van der Waals surface area contributed by atoms with Crippen LogP contribution in [0, 0.1) is 5.82 Å². The number of phenols is 1. The van der Waals surface area contributed by atoms with Crippen LogP contribution in [-0.4, -0.2) is 10.9 Å². The van der Waals surface area contributed by atoms with Crippen molar-refractivity contribution in [3.05, 3.63) is 63.9 Å². The molecular formula is C13H8BrFO2. The van der Waals surface area contributed by atoms with Crippen molar-refractivity contribution in [2.75, 3.05) is 0 Å². The molecule has 0 atom stereocenters. The van der Waals surface area contributed by atoms with Gasteiger partial charge >= 0.3 is 0 Å². The third-order valence-electron chi connectivity index (χ3n) is 2.31. The van der Waals surface area contributed by atoms with Gasteiger partial charge in [0.1, 0.15) is 11.6 Å². The van der Waals surface area contributed by atoms with Crippen LogP contribution in [0.3, 0.4) is 0 Å². The van der Waals surface area contributed by atoms with Crippen LogP contribution in [-0.2, 0) is 0 Å². The molecule has 0 amide bonds. The molecule has 0 aliphatic heterocycles. The lowest BCUT2D eigenvalue weighted by atomic mass is 10.0. The molecule has 0 spiro atoms. The first-order chi connectivity index (χ1) is 8.08. The van der Waals surface area contributed by atoms with Gasteiger partial charge < -0.3 is 5.11 Å². The van der Waals surface area contributed by atoms with Crippen molar-refractivity contribution >= 4 is 21.7 Å². The Labute approximate surface area is 106 Å². The molecule has 0 heterocycles. The molecule has 4 heteroatoms. The monoisotopic (exact) mass is 294 g/mol. The third-order valence-corrected chi connectivity index (χ3v) is 2.80. The van der Waals surface area contributed by atoms with Gasteiger partial charge in [-0.25, -0.2) is 4.39 Å². The van der Waals surface area contributed by atoms with Crippen molar-refractivity contribution in [3.8, 4) is 5.75 Å². The Hall–Kier alpha value is -1.68. The van der Waals surface area contributed by atoms with Crippen LogP contribution >= 0.6 is 15.9 Å². The molecule has 1 N–H and O–H groups in total. The Morgan fingerprint density at radius 2 is 1.76 bits per heavy atom. The molecule has 2 nitrogen and oxygen atoms in total. The molecule has 2 aromatic rings. The van der Waals surface area contributed by atoms with E-state index in [0.29, 0.717) is 10.0 Å². The predicted octanol–water partition coefficient (Wildman–Crippen LogP) is 3.52. The lowest BCUT2D eigenvalue weighted by Gasteiger charge is -2.04. The fourth-order valence-electron chi connectivity index (χ4n) is 1.45. The first-order valence-electron chi connectivity index (χ1n) is 4.87. The van der Waals surface area contributed by atoms with Gasteiger partial charge in [-0.05, 0) is 42.5 Å². The molecule has 0 bridgehead atoms. The molecule has 0 saturated carbocycles. The second kappa shape index (κ2) is 4.67. The highest BCUT2D eigenvalue weighted by atomic mass is 79.9. The Bertz CT molecular complexity index is 564. The number of carbonyl (C=O) groups excluding carboxylic acids is 1. The van der Waals surface area contributed by atoms with Crippen molar-refractivity contribution < 1.29 is 14.3 Å². The average Bonchev–Trinajstić information content (AvgIpc) is 2.29. The molecule has 2 rings (SSSR count). The quantitative estimate of drug-likeness (QED) is 0.861. The summed E-state index contributed by atoms with van der Waals surface area (Å²) < 4.78 is 13.4. The van der Waals surface area contributed by atoms with Crippen molar-refractivity contribution in [2.24, 2.45) is 0 Å². The Kier molecular flexibility index (Phi) is 3.24. The normalized spacial score (nSPS) is 10.2.